The van der Waals surface area contributed by atoms with E-state index in [9.17, 15) is 5.21 Å². The number of ether oxygens (including phenoxy) is 2. The first-order valence-corrected chi connectivity index (χ1v) is 8.54. The SMILES string of the molecule is [O-][N+]#Cc1c(OCC2CO2)ccc2cc3cc4ccccc4cc3cc12. The van der Waals surface area contributed by atoms with E-state index in [1.807, 2.05) is 24.3 Å². The number of hydrogen-bond donors (Lipinski definition) is 0. The minimum atomic E-state index is 0.144. The largest absolute Gasteiger partial charge is 0.498 e. The Bertz CT molecular complexity index is 1220. The van der Waals surface area contributed by atoms with E-state index in [1.54, 1.807) is 0 Å². The average Bonchev–Trinajstić information content (AvgIpc) is 3.49. The number of nitrogens with zero attached hydrogens (tertiary/aromatic N) is 1. The molecule has 26 heavy (non-hydrogen) atoms. The number of rotatable bonds is 3. The van der Waals surface area contributed by atoms with E-state index in [2.05, 4.69) is 47.5 Å². The highest BCUT2D eigenvalue weighted by Gasteiger charge is 2.24. The van der Waals surface area contributed by atoms with Gasteiger partial charge in [0.25, 0.3) is 0 Å². The summed E-state index contributed by atoms with van der Waals surface area (Å²) in [4.78, 5) is 0. The number of hydrogen-bond acceptors (Lipinski definition) is 3. The smallest absolute Gasteiger partial charge is 0.341 e. The van der Waals surface area contributed by atoms with Crippen LogP contribution in [0.4, 0.5) is 0 Å². The molecule has 1 saturated heterocycles. The summed E-state index contributed by atoms with van der Waals surface area (Å²) in [6, 6.07) is 23.3. The molecule has 5 rings (SSSR count). The number of fused-ring (bicyclic) bond motifs is 3. The maximum absolute atomic E-state index is 10.9. The van der Waals surface area contributed by atoms with Gasteiger partial charge in [0.05, 0.1) is 6.61 Å². The Kier molecular flexibility index (Phi) is 3.41. The average molecular weight is 341 g/mol. The molecule has 0 aliphatic carbocycles. The van der Waals surface area contributed by atoms with E-state index in [4.69, 9.17) is 9.47 Å². The molecule has 0 spiro atoms. The van der Waals surface area contributed by atoms with Crippen LogP contribution in [-0.4, -0.2) is 19.3 Å². The second-order valence-electron chi connectivity index (χ2n) is 6.53. The molecule has 1 aliphatic rings. The normalized spacial score (nSPS) is 15.8. The van der Waals surface area contributed by atoms with Crippen LogP contribution in [0.2, 0.25) is 0 Å². The predicted octanol–water partition coefficient (Wildman–Crippen LogP) is 5.10. The van der Waals surface area contributed by atoms with Gasteiger partial charge in [-0.05, 0) is 57.3 Å². The second-order valence-corrected chi connectivity index (χ2v) is 6.53. The zero-order valence-electron chi connectivity index (χ0n) is 13.9. The third kappa shape index (κ3) is 2.59. The van der Waals surface area contributed by atoms with Gasteiger partial charge in [0.1, 0.15) is 18.5 Å². The van der Waals surface area contributed by atoms with Crippen LogP contribution in [0, 0.1) is 11.3 Å². The van der Waals surface area contributed by atoms with Crippen LogP contribution < -0.4 is 4.74 Å². The van der Waals surface area contributed by atoms with Crippen molar-refractivity contribution in [2.75, 3.05) is 13.2 Å². The Morgan fingerprint density at radius 1 is 0.962 bits per heavy atom. The van der Waals surface area contributed by atoms with Crippen LogP contribution in [-0.2, 0) is 4.74 Å². The molecular formula is C22H15NO3. The monoisotopic (exact) mass is 341 g/mol. The number of benzene rings is 4. The summed E-state index contributed by atoms with van der Waals surface area (Å²) in [5, 5.41) is 20.4. The molecule has 0 saturated carbocycles. The van der Waals surface area contributed by atoms with Crippen LogP contribution >= 0.6 is 0 Å². The Balaban J connectivity index is 1.73. The van der Waals surface area contributed by atoms with Gasteiger partial charge in [0, 0.05) is 10.4 Å². The molecule has 0 aromatic heterocycles. The summed E-state index contributed by atoms with van der Waals surface area (Å²) in [5.41, 5.74) is 0.591. The van der Waals surface area contributed by atoms with E-state index in [1.165, 1.54) is 10.8 Å². The van der Waals surface area contributed by atoms with Crippen LogP contribution in [0.5, 0.6) is 5.75 Å². The van der Waals surface area contributed by atoms with Gasteiger partial charge in [-0.25, -0.2) is 0 Å². The van der Waals surface area contributed by atoms with Crippen molar-refractivity contribution in [1.29, 1.82) is 0 Å². The fourth-order valence-electron chi connectivity index (χ4n) is 3.37. The minimum Gasteiger partial charge on any atom is -0.498 e. The van der Waals surface area contributed by atoms with Crippen LogP contribution in [0.25, 0.3) is 37.3 Å². The summed E-state index contributed by atoms with van der Waals surface area (Å²) in [5.74, 6) is 0.604. The lowest BCUT2D eigenvalue weighted by Gasteiger charge is -2.10. The first-order chi connectivity index (χ1) is 12.8. The van der Waals surface area contributed by atoms with Gasteiger partial charge in [0.2, 0.25) is 0 Å². The molecule has 0 bridgehead atoms. The first kappa shape index (κ1) is 15.0. The van der Waals surface area contributed by atoms with Crippen molar-refractivity contribution >= 4 is 32.3 Å². The Morgan fingerprint density at radius 3 is 2.35 bits per heavy atom. The third-order valence-corrected chi connectivity index (χ3v) is 4.79. The Hall–Kier alpha value is -3.29. The maximum Gasteiger partial charge on any atom is 0.341 e. The maximum atomic E-state index is 10.9. The van der Waals surface area contributed by atoms with E-state index in [0.717, 1.165) is 28.2 Å². The van der Waals surface area contributed by atoms with Crippen molar-refractivity contribution in [3.63, 3.8) is 0 Å². The van der Waals surface area contributed by atoms with Gasteiger partial charge in [-0.2, -0.15) is 0 Å². The molecule has 1 fully saturated rings. The first-order valence-electron chi connectivity index (χ1n) is 8.54. The highest BCUT2D eigenvalue weighted by atomic mass is 16.6. The molecule has 1 atom stereocenters. The molecule has 0 amide bonds. The highest BCUT2D eigenvalue weighted by Crippen LogP contribution is 2.33. The van der Waals surface area contributed by atoms with Crippen LogP contribution in [0.15, 0.2) is 60.7 Å². The lowest BCUT2D eigenvalue weighted by atomic mass is 9.97. The van der Waals surface area contributed by atoms with Crippen LogP contribution in [0.1, 0.15) is 5.56 Å². The van der Waals surface area contributed by atoms with Crippen molar-refractivity contribution in [1.82, 2.24) is 0 Å². The quantitative estimate of drug-likeness (QED) is 0.296. The molecule has 0 radical (unpaired) electrons. The summed E-state index contributed by atoms with van der Waals surface area (Å²) in [7, 11) is 0. The molecule has 126 valence electrons. The Morgan fingerprint density at radius 2 is 1.65 bits per heavy atom. The predicted molar refractivity (Wildman–Crippen MR) is 104 cm³/mol. The molecule has 4 aromatic carbocycles. The van der Waals surface area contributed by atoms with Crippen molar-refractivity contribution in [3.8, 4) is 11.8 Å². The van der Waals surface area contributed by atoms with Gasteiger partial charge in [-0.3, -0.25) is 0 Å². The van der Waals surface area contributed by atoms with E-state index in [-0.39, 0.29) is 6.10 Å². The van der Waals surface area contributed by atoms with Crippen molar-refractivity contribution in [2.24, 2.45) is 0 Å². The molecule has 1 heterocycles. The van der Waals surface area contributed by atoms with Crippen molar-refractivity contribution in [2.45, 2.75) is 6.10 Å². The summed E-state index contributed by atoms with van der Waals surface area (Å²) in [6.45, 7) is 1.19. The lowest BCUT2D eigenvalue weighted by Crippen LogP contribution is -2.05. The van der Waals surface area contributed by atoms with Gasteiger partial charge >= 0.3 is 6.07 Å². The fourth-order valence-corrected chi connectivity index (χ4v) is 3.37. The van der Waals surface area contributed by atoms with Gasteiger partial charge in [-0.1, -0.05) is 30.3 Å². The summed E-state index contributed by atoms with van der Waals surface area (Å²) >= 11 is 0. The Labute approximate surface area is 150 Å². The van der Waals surface area contributed by atoms with Gasteiger partial charge < -0.3 is 14.7 Å². The van der Waals surface area contributed by atoms with E-state index in [0.29, 0.717) is 17.9 Å². The van der Waals surface area contributed by atoms with Crippen molar-refractivity contribution < 1.29 is 9.47 Å². The topological polar surface area (TPSA) is 49.2 Å². The van der Waals surface area contributed by atoms with E-state index >= 15 is 0 Å². The van der Waals surface area contributed by atoms with Gasteiger partial charge in [0.15, 0.2) is 5.56 Å². The molecule has 0 N–H and O–H groups in total. The highest BCUT2D eigenvalue weighted by molar-refractivity contribution is 6.06. The summed E-state index contributed by atoms with van der Waals surface area (Å²) in [6.07, 6.45) is 0.144. The minimum absolute atomic E-state index is 0.144. The zero-order chi connectivity index (χ0) is 17.5. The van der Waals surface area contributed by atoms with E-state index < -0.39 is 0 Å². The summed E-state index contributed by atoms with van der Waals surface area (Å²) < 4.78 is 11.0. The fraction of sp³-hybridized carbons (Fsp3) is 0.136. The van der Waals surface area contributed by atoms with Crippen molar-refractivity contribution in [3.05, 3.63) is 76.4 Å². The molecule has 4 aromatic rings. The molecule has 4 heteroatoms. The molecular weight excluding hydrogens is 326 g/mol. The van der Waals surface area contributed by atoms with Gasteiger partial charge in [-0.15, -0.1) is 0 Å². The standard InChI is InChI=1S/C22H15NO3/c24-23-11-21-20-10-18-8-15-4-2-1-3-14(15)7-17(18)9-16(20)5-6-22(21)26-13-19-12-25-19/h1-10,19H,12-13H2. The molecule has 4 nitrogen and oxygen atoms in total. The number of epoxide rings is 1. The third-order valence-electron chi connectivity index (χ3n) is 4.79. The lowest BCUT2D eigenvalue weighted by molar-refractivity contribution is 0.263. The van der Waals surface area contributed by atoms with Crippen LogP contribution in [0.3, 0.4) is 0 Å². The zero-order valence-corrected chi connectivity index (χ0v) is 13.9. The molecule has 1 unspecified atom stereocenters. The second kappa shape index (κ2) is 5.91. The molecule has 1 aliphatic heterocycles.